The monoisotopic (exact) mass is 253 g/mol. The zero-order valence-corrected chi connectivity index (χ0v) is 11.7. The quantitative estimate of drug-likeness (QED) is 0.628. The Kier molecular flexibility index (Phi) is 7.78. The Bertz CT molecular complexity index is 307. The van der Waals surface area contributed by atoms with E-state index in [4.69, 9.17) is 9.52 Å². The van der Waals surface area contributed by atoms with Gasteiger partial charge in [-0.2, -0.15) is 0 Å². The van der Waals surface area contributed by atoms with E-state index in [1.54, 1.807) is 0 Å². The minimum absolute atomic E-state index is 0.0180. The highest BCUT2D eigenvalue weighted by Crippen LogP contribution is 2.09. The highest BCUT2D eigenvalue weighted by Gasteiger charge is 2.00. The molecule has 0 saturated carbocycles. The Morgan fingerprint density at radius 3 is 2.50 bits per heavy atom. The summed E-state index contributed by atoms with van der Waals surface area (Å²) in [6.45, 7) is 6.34. The fourth-order valence-corrected chi connectivity index (χ4v) is 1.97. The maximum atomic E-state index is 8.87. The highest BCUT2D eigenvalue weighted by molar-refractivity contribution is 5.05. The summed E-state index contributed by atoms with van der Waals surface area (Å²) in [5.74, 6) is 2.38. The van der Waals surface area contributed by atoms with Gasteiger partial charge in [0.15, 0.2) is 0 Å². The maximum absolute atomic E-state index is 8.87. The summed E-state index contributed by atoms with van der Waals surface area (Å²) in [6, 6.07) is 3.74. The van der Waals surface area contributed by atoms with E-state index in [9.17, 15) is 0 Å². The first-order valence-corrected chi connectivity index (χ1v) is 7.11. The number of hydrogen-bond acceptors (Lipinski definition) is 3. The topological polar surface area (TPSA) is 45.4 Å². The van der Waals surface area contributed by atoms with Gasteiger partial charge >= 0.3 is 0 Å². The molecule has 0 fully saturated rings. The lowest BCUT2D eigenvalue weighted by Gasteiger charge is -2.05. The molecule has 3 nitrogen and oxygen atoms in total. The molecule has 18 heavy (non-hydrogen) atoms. The van der Waals surface area contributed by atoms with Gasteiger partial charge in [-0.15, -0.1) is 0 Å². The molecule has 0 unspecified atom stereocenters. The molecule has 1 aromatic heterocycles. The predicted octanol–water partition coefficient (Wildman–Crippen LogP) is 3.47. The first-order chi connectivity index (χ1) is 8.72. The lowest BCUT2D eigenvalue weighted by Crippen LogP contribution is -2.14. The molecule has 1 heterocycles. The average molecular weight is 253 g/mol. The van der Waals surface area contributed by atoms with E-state index in [1.807, 2.05) is 12.1 Å². The summed E-state index contributed by atoms with van der Waals surface area (Å²) >= 11 is 0. The molecule has 0 saturated heterocycles. The second-order valence-corrected chi connectivity index (χ2v) is 5.30. The van der Waals surface area contributed by atoms with Crippen LogP contribution >= 0.6 is 0 Å². The van der Waals surface area contributed by atoms with E-state index in [0.717, 1.165) is 24.8 Å². The van der Waals surface area contributed by atoms with Crippen LogP contribution in [0.5, 0.6) is 0 Å². The van der Waals surface area contributed by atoms with Crippen LogP contribution < -0.4 is 5.32 Å². The molecule has 0 aromatic carbocycles. The van der Waals surface area contributed by atoms with Crippen LogP contribution in [0.15, 0.2) is 16.5 Å². The Morgan fingerprint density at radius 2 is 1.83 bits per heavy atom. The predicted molar refractivity (Wildman–Crippen MR) is 74.3 cm³/mol. The first kappa shape index (κ1) is 15.3. The van der Waals surface area contributed by atoms with Crippen LogP contribution in [0.3, 0.4) is 0 Å². The number of rotatable bonds is 10. The Morgan fingerprint density at radius 1 is 1.11 bits per heavy atom. The number of furan rings is 1. The van der Waals surface area contributed by atoms with E-state index in [0.29, 0.717) is 5.76 Å². The van der Waals surface area contributed by atoms with Crippen LogP contribution in [0, 0.1) is 5.92 Å². The minimum Gasteiger partial charge on any atom is -0.462 e. The molecule has 0 aliphatic carbocycles. The third-order valence-electron chi connectivity index (χ3n) is 3.06. The van der Waals surface area contributed by atoms with E-state index < -0.39 is 0 Å². The summed E-state index contributed by atoms with van der Waals surface area (Å²) in [7, 11) is 0. The zero-order chi connectivity index (χ0) is 13.2. The molecule has 2 N–H and O–H groups in total. The highest BCUT2D eigenvalue weighted by atomic mass is 16.4. The number of hydrogen-bond donors (Lipinski definition) is 2. The summed E-state index contributed by atoms with van der Waals surface area (Å²) in [4.78, 5) is 0. The number of unbranched alkanes of at least 4 members (excludes halogenated alkanes) is 3. The van der Waals surface area contributed by atoms with Gasteiger partial charge in [-0.3, -0.25) is 0 Å². The van der Waals surface area contributed by atoms with Gasteiger partial charge in [-0.25, -0.2) is 0 Å². The molecular weight excluding hydrogens is 226 g/mol. The summed E-state index contributed by atoms with van der Waals surface area (Å²) in [5, 5.41) is 12.2. The van der Waals surface area contributed by atoms with Gasteiger partial charge in [0, 0.05) is 0 Å². The molecule has 3 heteroatoms. The summed E-state index contributed by atoms with van der Waals surface area (Å²) in [5.41, 5.74) is 0. The van der Waals surface area contributed by atoms with Gasteiger partial charge in [-0.05, 0) is 31.0 Å². The summed E-state index contributed by atoms with van der Waals surface area (Å²) in [6.07, 6.45) is 6.58. The van der Waals surface area contributed by atoms with E-state index in [2.05, 4.69) is 19.2 Å². The SMILES string of the molecule is CC(C)CCCCCCNCc1ccc(CO)o1. The van der Waals surface area contributed by atoms with Gasteiger partial charge in [0.1, 0.15) is 18.1 Å². The number of nitrogens with one attached hydrogen (secondary N) is 1. The number of aliphatic hydroxyl groups excluding tert-OH is 1. The van der Waals surface area contributed by atoms with Crippen molar-refractivity contribution >= 4 is 0 Å². The maximum Gasteiger partial charge on any atom is 0.129 e. The van der Waals surface area contributed by atoms with Gasteiger partial charge in [-0.1, -0.05) is 39.5 Å². The van der Waals surface area contributed by atoms with Crippen LogP contribution in [-0.4, -0.2) is 11.7 Å². The lowest BCUT2D eigenvalue weighted by molar-refractivity contribution is 0.243. The van der Waals surface area contributed by atoms with E-state index in [1.165, 1.54) is 32.1 Å². The Hall–Kier alpha value is -0.800. The fourth-order valence-electron chi connectivity index (χ4n) is 1.97. The third-order valence-corrected chi connectivity index (χ3v) is 3.06. The summed E-state index contributed by atoms with van der Waals surface area (Å²) < 4.78 is 5.39. The first-order valence-electron chi connectivity index (χ1n) is 7.11. The Labute approximate surface area is 111 Å². The lowest BCUT2D eigenvalue weighted by atomic mass is 10.0. The van der Waals surface area contributed by atoms with Crippen molar-refractivity contribution in [2.45, 2.75) is 59.1 Å². The van der Waals surface area contributed by atoms with Crippen LogP contribution in [0.4, 0.5) is 0 Å². The van der Waals surface area contributed by atoms with Crippen LogP contribution in [-0.2, 0) is 13.2 Å². The van der Waals surface area contributed by atoms with Gasteiger partial charge in [0.25, 0.3) is 0 Å². The zero-order valence-electron chi connectivity index (χ0n) is 11.7. The molecule has 1 rings (SSSR count). The van der Waals surface area contributed by atoms with Crippen molar-refractivity contribution in [1.29, 1.82) is 0 Å². The van der Waals surface area contributed by atoms with Crippen LogP contribution in [0.2, 0.25) is 0 Å². The second-order valence-electron chi connectivity index (χ2n) is 5.30. The largest absolute Gasteiger partial charge is 0.462 e. The molecule has 0 spiro atoms. The van der Waals surface area contributed by atoms with E-state index >= 15 is 0 Å². The molecule has 0 radical (unpaired) electrons. The minimum atomic E-state index is -0.0180. The van der Waals surface area contributed by atoms with Crippen molar-refractivity contribution in [3.63, 3.8) is 0 Å². The standard InChI is InChI=1S/C15H27NO2/c1-13(2)7-5-3-4-6-10-16-11-14-8-9-15(12-17)18-14/h8-9,13,16-17H,3-7,10-12H2,1-2H3. The normalized spacial score (nSPS) is 11.3. The molecule has 0 bridgehead atoms. The van der Waals surface area contributed by atoms with Gasteiger partial charge < -0.3 is 14.8 Å². The molecule has 104 valence electrons. The van der Waals surface area contributed by atoms with Crippen molar-refractivity contribution in [1.82, 2.24) is 5.32 Å². The molecule has 0 aliphatic heterocycles. The van der Waals surface area contributed by atoms with Gasteiger partial charge in [0.2, 0.25) is 0 Å². The molecule has 1 aromatic rings. The van der Waals surface area contributed by atoms with Crippen LogP contribution in [0.25, 0.3) is 0 Å². The molecule has 0 aliphatic rings. The average Bonchev–Trinajstić information content (AvgIpc) is 2.80. The van der Waals surface area contributed by atoms with E-state index in [-0.39, 0.29) is 6.61 Å². The fraction of sp³-hybridized carbons (Fsp3) is 0.733. The van der Waals surface area contributed by atoms with Crippen LogP contribution in [0.1, 0.15) is 57.5 Å². The van der Waals surface area contributed by atoms with Crippen molar-refractivity contribution in [2.24, 2.45) is 5.92 Å². The second kappa shape index (κ2) is 9.17. The van der Waals surface area contributed by atoms with Crippen molar-refractivity contribution < 1.29 is 9.52 Å². The van der Waals surface area contributed by atoms with Crippen molar-refractivity contribution in [3.8, 4) is 0 Å². The smallest absolute Gasteiger partial charge is 0.129 e. The molecule has 0 amide bonds. The van der Waals surface area contributed by atoms with Gasteiger partial charge in [0.05, 0.1) is 6.54 Å². The molecular formula is C15H27NO2. The third kappa shape index (κ3) is 6.82. The number of aliphatic hydroxyl groups is 1. The molecule has 0 atom stereocenters. The van der Waals surface area contributed by atoms with Crippen molar-refractivity contribution in [2.75, 3.05) is 6.54 Å². The van der Waals surface area contributed by atoms with Crippen molar-refractivity contribution in [3.05, 3.63) is 23.7 Å². The Balaban J connectivity index is 1.92.